The largest absolute Gasteiger partial charge is 0.492 e. The summed E-state index contributed by atoms with van der Waals surface area (Å²) in [5, 5.41) is 24.7. The molecule has 2 aliphatic heterocycles. The van der Waals surface area contributed by atoms with E-state index in [2.05, 4.69) is 21.6 Å². The number of benzene rings is 2. The lowest BCUT2D eigenvalue weighted by Crippen LogP contribution is -2.52. The van der Waals surface area contributed by atoms with Gasteiger partial charge in [-0.05, 0) is 81.9 Å². The lowest BCUT2D eigenvalue weighted by atomic mass is 9.95. The van der Waals surface area contributed by atoms with Gasteiger partial charge < -0.3 is 20.1 Å². The highest BCUT2D eigenvalue weighted by Crippen LogP contribution is 2.31. The van der Waals surface area contributed by atoms with E-state index in [1.807, 2.05) is 0 Å². The number of likely N-dealkylation sites (tertiary alicyclic amines) is 1. The van der Waals surface area contributed by atoms with Gasteiger partial charge in [-0.1, -0.05) is 18.2 Å². The first-order chi connectivity index (χ1) is 18.9. The van der Waals surface area contributed by atoms with E-state index < -0.39 is 34.9 Å². The highest BCUT2D eigenvalue weighted by atomic mass is 19.1. The van der Waals surface area contributed by atoms with Crippen LogP contribution in [0.25, 0.3) is 11.1 Å². The Morgan fingerprint density at radius 3 is 2.62 bits per heavy atom. The topological polar surface area (TPSA) is 115 Å². The first-order valence-electron chi connectivity index (χ1n) is 13.5. The third kappa shape index (κ3) is 7.02. The lowest BCUT2D eigenvalue weighted by molar-refractivity contribution is -0.125. The van der Waals surface area contributed by atoms with Crippen LogP contribution in [0.5, 0.6) is 5.75 Å². The average Bonchev–Trinajstić information content (AvgIpc) is 3.26. The molecule has 0 aromatic heterocycles. The van der Waals surface area contributed by atoms with E-state index in [0.29, 0.717) is 24.5 Å². The van der Waals surface area contributed by atoms with Crippen LogP contribution in [0.15, 0.2) is 36.4 Å². The number of piperidine rings is 1. The van der Waals surface area contributed by atoms with E-state index in [1.165, 1.54) is 12.1 Å². The van der Waals surface area contributed by atoms with Crippen molar-refractivity contribution in [1.82, 2.24) is 15.5 Å². The maximum absolute atomic E-state index is 14.9. The number of aliphatic hydroxyl groups is 1. The summed E-state index contributed by atoms with van der Waals surface area (Å²) < 4.78 is 34.9. The third-order valence-electron chi connectivity index (χ3n) is 7.53. The number of imide groups is 1. The number of nitriles is 1. The Morgan fingerprint density at radius 1 is 1.27 bits per heavy atom. The van der Waals surface area contributed by atoms with Crippen molar-refractivity contribution < 1.29 is 28.2 Å². The van der Waals surface area contributed by atoms with Crippen LogP contribution in [0, 0.1) is 23.1 Å². The fraction of sp³-hybridized carbons (Fsp3) is 0.500. The molecule has 0 unspecified atom stereocenters. The third-order valence-corrected chi connectivity index (χ3v) is 7.53. The number of β-amino-alcohol motifs (C(OH)–C–C–N with tert-alkyl or cyclic N) is 1. The number of hydrogen-bond acceptors (Lipinski definition) is 7. The van der Waals surface area contributed by atoms with Crippen LogP contribution in [-0.4, -0.2) is 71.9 Å². The number of halogens is 2. The zero-order chi connectivity index (χ0) is 29.1. The Morgan fingerprint density at radius 2 is 2.00 bits per heavy atom. The van der Waals surface area contributed by atoms with Gasteiger partial charge in [-0.25, -0.2) is 8.78 Å². The van der Waals surface area contributed by atoms with E-state index in [4.69, 9.17) is 4.74 Å². The number of carbonyl (C=O) groups excluding carboxylic acids is 2. The molecule has 10 heteroatoms. The summed E-state index contributed by atoms with van der Waals surface area (Å²) in [6.07, 6.45) is 1.13. The van der Waals surface area contributed by atoms with Crippen molar-refractivity contribution in [3.8, 4) is 22.9 Å². The summed E-state index contributed by atoms with van der Waals surface area (Å²) in [5.41, 5.74) is -1.84. The van der Waals surface area contributed by atoms with Gasteiger partial charge in [0.25, 0.3) is 5.91 Å². The monoisotopic (exact) mass is 554 g/mol. The SMILES string of the molecule is CC(C)(F)CN1CCC(COc2ccc(-c3cccc(F)c3C(=O)NC(=O)[C@@]3(C)C[C@@H](O)CN3)cc2C#N)CC1. The van der Waals surface area contributed by atoms with Gasteiger partial charge in [-0.15, -0.1) is 0 Å². The molecule has 2 aromatic carbocycles. The van der Waals surface area contributed by atoms with Gasteiger partial charge >= 0.3 is 0 Å². The van der Waals surface area contributed by atoms with Crippen LogP contribution in [0.4, 0.5) is 8.78 Å². The lowest BCUT2D eigenvalue weighted by Gasteiger charge is -2.34. The first kappa shape index (κ1) is 29.6. The van der Waals surface area contributed by atoms with Gasteiger partial charge in [0.2, 0.25) is 5.91 Å². The zero-order valence-corrected chi connectivity index (χ0v) is 23.1. The molecule has 3 N–H and O–H groups in total. The Labute approximate surface area is 233 Å². The van der Waals surface area contributed by atoms with E-state index in [0.717, 1.165) is 32.0 Å². The fourth-order valence-electron chi connectivity index (χ4n) is 5.39. The number of aliphatic hydroxyl groups excluding tert-OH is 1. The summed E-state index contributed by atoms with van der Waals surface area (Å²) in [7, 11) is 0. The van der Waals surface area contributed by atoms with Crippen LogP contribution in [-0.2, 0) is 4.79 Å². The highest BCUT2D eigenvalue weighted by Gasteiger charge is 2.41. The first-order valence-corrected chi connectivity index (χ1v) is 13.5. The van der Waals surface area contributed by atoms with Gasteiger partial charge in [0.05, 0.1) is 29.4 Å². The number of nitrogens with zero attached hydrogens (tertiary/aromatic N) is 2. The summed E-state index contributed by atoms with van der Waals surface area (Å²) in [6.45, 7) is 7.32. The molecule has 214 valence electrons. The van der Waals surface area contributed by atoms with Crippen molar-refractivity contribution in [2.45, 2.75) is 57.3 Å². The fourth-order valence-corrected chi connectivity index (χ4v) is 5.39. The Bertz CT molecular complexity index is 1300. The predicted molar refractivity (Wildman–Crippen MR) is 146 cm³/mol. The molecule has 8 nitrogen and oxygen atoms in total. The molecule has 2 saturated heterocycles. The molecule has 2 atom stereocenters. The van der Waals surface area contributed by atoms with Gasteiger partial charge in [-0.3, -0.25) is 14.9 Å². The molecule has 2 amide bonds. The van der Waals surface area contributed by atoms with E-state index >= 15 is 0 Å². The van der Waals surface area contributed by atoms with Crippen molar-refractivity contribution in [2.75, 3.05) is 32.8 Å². The maximum Gasteiger partial charge on any atom is 0.261 e. The maximum atomic E-state index is 14.9. The summed E-state index contributed by atoms with van der Waals surface area (Å²) in [4.78, 5) is 28.0. The van der Waals surface area contributed by atoms with Gasteiger partial charge in [0, 0.05) is 19.5 Å². The number of hydrogen-bond donors (Lipinski definition) is 3. The van der Waals surface area contributed by atoms with E-state index in [-0.39, 0.29) is 35.6 Å². The molecular weight excluding hydrogens is 518 g/mol. The van der Waals surface area contributed by atoms with Crippen LogP contribution in [0.3, 0.4) is 0 Å². The number of rotatable bonds is 8. The summed E-state index contributed by atoms with van der Waals surface area (Å²) in [5.74, 6) is -1.73. The predicted octanol–water partition coefficient (Wildman–Crippen LogP) is 3.57. The second kappa shape index (κ2) is 12.0. The molecule has 0 bridgehead atoms. The van der Waals surface area contributed by atoms with Crippen LogP contribution >= 0.6 is 0 Å². The highest BCUT2D eigenvalue weighted by molar-refractivity contribution is 6.10. The quantitative estimate of drug-likeness (QED) is 0.428. The normalized spacial score (nSPS) is 22.1. The average molecular weight is 555 g/mol. The minimum atomic E-state index is -1.24. The Hall–Kier alpha value is -3.39. The van der Waals surface area contributed by atoms with E-state index in [9.17, 15) is 28.7 Å². The zero-order valence-electron chi connectivity index (χ0n) is 23.1. The van der Waals surface area contributed by atoms with Crippen LogP contribution in [0.2, 0.25) is 0 Å². The molecule has 40 heavy (non-hydrogen) atoms. The minimum Gasteiger partial charge on any atom is -0.492 e. The van der Waals surface area contributed by atoms with Crippen molar-refractivity contribution in [1.29, 1.82) is 5.26 Å². The van der Waals surface area contributed by atoms with Crippen LogP contribution < -0.4 is 15.4 Å². The molecule has 4 rings (SSSR count). The van der Waals surface area contributed by atoms with Crippen molar-refractivity contribution in [3.05, 3.63) is 53.3 Å². The minimum absolute atomic E-state index is 0.123. The Balaban J connectivity index is 1.46. The molecule has 0 aliphatic carbocycles. The number of carbonyl (C=O) groups is 2. The molecule has 0 saturated carbocycles. The smallest absolute Gasteiger partial charge is 0.261 e. The molecule has 0 spiro atoms. The number of nitrogens with one attached hydrogen (secondary N) is 2. The molecule has 0 radical (unpaired) electrons. The van der Waals surface area contributed by atoms with Gasteiger partial charge in [-0.2, -0.15) is 5.26 Å². The second-order valence-electron chi connectivity index (χ2n) is 11.6. The van der Waals surface area contributed by atoms with Crippen LogP contribution in [0.1, 0.15) is 56.0 Å². The van der Waals surface area contributed by atoms with Crippen molar-refractivity contribution in [2.24, 2.45) is 5.92 Å². The number of ether oxygens (including phenoxy) is 1. The molecule has 2 heterocycles. The summed E-state index contributed by atoms with van der Waals surface area (Å²) in [6, 6.07) is 11.0. The van der Waals surface area contributed by atoms with Gasteiger partial charge in [0.15, 0.2) is 0 Å². The van der Waals surface area contributed by atoms with E-state index in [1.54, 1.807) is 39.0 Å². The molecule has 2 aromatic rings. The number of amides is 2. The van der Waals surface area contributed by atoms with Crippen molar-refractivity contribution >= 4 is 11.8 Å². The standard InChI is InChI=1S/C30H36F2N4O4/c1-29(2,32)18-36-11-9-19(10-12-36)17-40-25-8-7-20(13-21(25)15-33)23-5-4-6-24(31)26(23)27(38)35-28(39)30(3)14-22(37)16-34-30/h4-8,13,19,22,34,37H,9-12,14,16-18H2,1-3H3,(H,35,38,39)/t22-,30-/m1/s1. The number of alkyl halides is 1. The summed E-state index contributed by atoms with van der Waals surface area (Å²) >= 11 is 0. The van der Waals surface area contributed by atoms with Gasteiger partial charge in [0.1, 0.15) is 23.3 Å². The molecular formula is C30H36F2N4O4. The molecule has 2 fully saturated rings. The van der Waals surface area contributed by atoms with Crippen molar-refractivity contribution in [3.63, 3.8) is 0 Å². The Kier molecular flexibility index (Phi) is 8.88. The second-order valence-corrected chi connectivity index (χ2v) is 11.6. The molecule has 2 aliphatic rings.